The van der Waals surface area contributed by atoms with Crippen LogP contribution in [-0.2, 0) is 26.2 Å². The first-order valence-corrected chi connectivity index (χ1v) is 2.87. The van der Waals surface area contributed by atoms with E-state index in [0.29, 0.717) is 0 Å². The maximum atomic E-state index is 3.49. The molecule has 9 heavy (non-hydrogen) atoms. The minimum Gasteiger partial charge on any atom is -0.344 e. The molecule has 1 aromatic rings. The van der Waals surface area contributed by atoms with Crippen LogP contribution in [0.1, 0.15) is 13.3 Å². The fraction of sp³-hybridized carbons (Fsp3) is 0.250. The van der Waals surface area contributed by atoms with Gasteiger partial charge in [-0.2, -0.15) is 24.6 Å². The van der Waals surface area contributed by atoms with Crippen molar-refractivity contribution >= 4 is 0 Å². The van der Waals surface area contributed by atoms with Gasteiger partial charge in [-0.05, 0) is 0 Å². The summed E-state index contributed by atoms with van der Waals surface area (Å²) in [4.78, 5) is 0. The van der Waals surface area contributed by atoms with Crippen molar-refractivity contribution in [2.75, 3.05) is 0 Å². The summed E-state index contributed by atoms with van der Waals surface area (Å²) in [6, 6.07) is 10.0. The van der Waals surface area contributed by atoms with Gasteiger partial charge < -0.3 is 6.92 Å². The zero-order valence-electron chi connectivity index (χ0n) is 5.80. The summed E-state index contributed by atoms with van der Waals surface area (Å²) in [5.74, 6) is 0. The molecule has 1 aromatic carbocycles. The van der Waals surface area contributed by atoms with Crippen LogP contribution in [0, 0.1) is 6.92 Å². The van der Waals surface area contributed by atoms with Crippen molar-refractivity contribution in [3.63, 3.8) is 0 Å². The van der Waals surface area contributed by atoms with Crippen molar-refractivity contribution < 1.29 is 26.2 Å². The van der Waals surface area contributed by atoms with Gasteiger partial charge in [0.15, 0.2) is 0 Å². The standard InChI is InChI=1S/C5H5.C3H7.Zr/c1-2-4-5-3-1;1-3-2;/h1-5H;1,3H2,2H3;/q2*-1;+2. The molecule has 0 amide bonds. The molecule has 0 heterocycles. The fourth-order valence-corrected chi connectivity index (χ4v) is 0.321. The van der Waals surface area contributed by atoms with Crippen LogP contribution < -0.4 is 0 Å². The maximum absolute atomic E-state index is 3.49. The van der Waals surface area contributed by atoms with Crippen molar-refractivity contribution in [3.05, 3.63) is 37.3 Å². The average molecular weight is 199 g/mol. The summed E-state index contributed by atoms with van der Waals surface area (Å²) in [7, 11) is 0. The molecule has 0 aliphatic carbocycles. The van der Waals surface area contributed by atoms with E-state index in [9.17, 15) is 0 Å². The van der Waals surface area contributed by atoms with Crippen molar-refractivity contribution in [2.24, 2.45) is 0 Å². The van der Waals surface area contributed by atoms with Crippen LogP contribution >= 0.6 is 0 Å². The molecule has 0 bridgehead atoms. The number of hydrogen-bond donors (Lipinski definition) is 0. The first kappa shape index (κ1) is 12.0. The monoisotopic (exact) mass is 198 g/mol. The Morgan fingerprint density at radius 3 is 1.78 bits per heavy atom. The van der Waals surface area contributed by atoms with Crippen molar-refractivity contribution in [1.29, 1.82) is 0 Å². The average Bonchev–Trinajstić information content (AvgIpc) is 2.17. The molecule has 0 N–H and O–H groups in total. The molecule has 0 aliphatic rings. The minimum absolute atomic E-state index is 0. The fourth-order valence-electron chi connectivity index (χ4n) is 0.321. The summed E-state index contributed by atoms with van der Waals surface area (Å²) in [6.45, 7) is 5.50. The molecule has 0 aromatic heterocycles. The van der Waals surface area contributed by atoms with E-state index in [4.69, 9.17) is 0 Å². The third-order valence-corrected chi connectivity index (χ3v) is 0.556. The van der Waals surface area contributed by atoms with E-state index in [1.807, 2.05) is 37.3 Å². The van der Waals surface area contributed by atoms with Crippen LogP contribution in [0.15, 0.2) is 30.3 Å². The maximum Gasteiger partial charge on any atom is 2.00 e. The smallest absolute Gasteiger partial charge is 0.344 e. The van der Waals surface area contributed by atoms with Crippen LogP contribution in [0.5, 0.6) is 0 Å². The van der Waals surface area contributed by atoms with Gasteiger partial charge in [-0.1, -0.05) is 6.92 Å². The van der Waals surface area contributed by atoms with Crippen molar-refractivity contribution in [1.82, 2.24) is 0 Å². The van der Waals surface area contributed by atoms with Gasteiger partial charge >= 0.3 is 26.2 Å². The van der Waals surface area contributed by atoms with Crippen LogP contribution in [0.25, 0.3) is 0 Å². The van der Waals surface area contributed by atoms with Gasteiger partial charge in [-0.15, -0.1) is 0 Å². The topological polar surface area (TPSA) is 0 Å². The molecule has 0 atom stereocenters. The van der Waals surface area contributed by atoms with Crippen LogP contribution in [0.3, 0.4) is 0 Å². The van der Waals surface area contributed by atoms with E-state index < -0.39 is 0 Å². The largest absolute Gasteiger partial charge is 2.00 e. The minimum atomic E-state index is 0. The second kappa shape index (κ2) is 11.1. The van der Waals surface area contributed by atoms with Gasteiger partial charge in [0.2, 0.25) is 0 Å². The normalized spacial score (nSPS) is 6.44. The molecular weight excluding hydrogens is 187 g/mol. The Morgan fingerprint density at radius 2 is 1.67 bits per heavy atom. The van der Waals surface area contributed by atoms with Gasteiger partial charge in [0.25, 0.3) is 0 Å². The van der Waals surface area contributed by atoms with E-state index in [2.05, 4.69) is 6.92 Å². The predicted octanol–water partition coefficient (Wildman–Crippen LogP) is 2.63. The Hall–Kier alpha value is 0.233. The first-order chi connectivity index (χ1) is 3.91. The van der Waals surface area contributed by atoms with Crippen LogP contribution in [0.4, 0.5) is 0 Å². The second-order valence-electron chi connectivity index (χ2n) is 1.46. The Bertz CT molecular complexity index is 71.5. The Balaban J connectivity index is 0. The third kappa shape index (κ3) is 11.7. The summed E-state index contributed by atoms with van der Waals surface area (Å²) < 4.78 is 0. The third-order valence-electron chi connectivity index (χ3n) is 0.556. The van der Waals surface area contributed by atoms with E-state index in [1.165, 1.54) is 0 Å². The summed E-state index contributed by atoms with van der Waals surface area (Å²) in [5.41, 5.74) is 0. The zero-order chi connectivity index (χ0) is 6.24. The van der Waals surface area contributed by atoms with E-state index in [-0.39, 0.29) is 26.2 Å². The first-order valence-electron chi connectivity index (χ1n) is 2.87. The summed E-state index contributed by atoms with van der Waals surface area (Å²) >= 11 is 0. The second-order valence-corrected chi connectivity index (χ2v) is 1.46. The predicted molar refractivity (Wildman–Crippen MR) is 37.7 cm³/mol. The van der Waals surface area contributed by atoms with Gasteiger partial charge in [0.1, 0.15) is 0 Å². The van der Waals surface area contributed by atoms with Gasteiger partial charge in [-0.25, -0.2) is 12.1 Å². The van der Waals surface area contributed by atoms with Crippen LogP contribution in [-0.4, -0.2) is 0 Å². The summed E-state index contributed by atoms with van der Waals surface area (Å²) in [5, 5.41) is 0. The summed E-state index contributed by atoms with van der Waals surface area (Å²) in [6.07, 6.45) is 1.00. The molecule has 0 fully saturated rings. The Labute approximate surface area is 76.8 Å². The molecule has 0 spiro atoms. The molecule has 0 aliphatic heterocycles. The van der Waals surface area contributed by atoms with E-state index in [0.717, 1.165) is 6.42 Å². The molecule has 48 valence electrons. The molecule has 0 unspecified atom stereocenters. The van der Waals surface area contributed by atoms with E-state index >= 15 is 0 Å². The SMILES string of the molecule is [CH2-]CC.[Zr+2].c1cc[cH-]c1. The molecular formula is C8H12Zr. The van der Waals surface area contributed by atoms with E-state index in [1.54, 1.807) is 0 Å². The Kier molecular flexibility index (Phi) is 14.7. The van der Waals surface area contributed by atoms with Gasteiger partial charge in [0, 0.05) is 0 Å². The molecule has 0 saturated carbocycles. The zero-order valence-corrected chi connectivity index (χ0v) is 8.26. The van der Waals surface area contributed by atoms with Gasteiger partial charge in [-0.3, -0.25) is 0 Å². The quantitative estimate of drug-likeness (QED) is 0.564. The molecule has 0 radical (unpaired) electrons. The van der Waals surface area contributed by atoms with Crippen molar-refractivity contribution in [3.8, 4) is 0 Å². The molecule has 1 rings (SSSR count). The number of hydrogen-bond acceptors (Lipinski definition) is 0. The van der Waals surface area contributed by atoms with Gasteiger partial charge in [0.05, 0.1) is 0 Å². The Morgan fingerprint density at radius 1 is 1.33 bits per heavy atom. The number of rotatable bonds is 0. The molecule has 0 nitrogen and oxygen atoms in total. The molecule has 1 heteroatoms. The van der Waals surface area contributed by atoms with Crippen LogP contribution in [0.2, 0.25) is 0 Å². The van der Waals surface area contributed by atoms with Crippen molar-refractivity contribution in [2.45, 2.75) is 13.3 Å². The molecule has 0 saturated heterocycles.